The highest BCUT2D eigenvalue weighted by Gasteiger charge is 2.15. The van der Waals surface area contributed by atoms with E-state index < -0.39 is 0 Å². The van der Waals surface area contributed by atoms with Crippen LogP contribution in [0, 0.1) is 11.3 Å². The van der Waals surface area contributed by atoms with E-state index in [1.54, 1.807) is 37.5 Å². The van der Waals surface area contributed by atoms with Gasteiger partial charge in [0.25, 0.3) is 0 Å². The number of benzene rings is 2. The minimum Gasteiger partial charge on any atom is -0.493 e. The third kappa shape index (κ3) is 4.67. The molecular weight excluding hydrogens is 362 g/mol. The van der Waals surface area contributed by atoms with Crippen molar-refractivity contribution in [2.24, 2.45) is 0 Å². The topological polar surface area (TPSA) is 79.2 Å². The van der Waals surface area contributed by atoms with Gasteiger partial charge in [-0.05, 0) is 41.5 Å². The molecule has 0 N–H and O–H groups in total. The maximum Gasteiger partial charge on any atom is 0.203 e. The molecule has 2 aromatic carbocycles. The second-order valence-corrected chi connectivity index (χ2v) is 5.54. The SMILES string of the molecule is COCOc1cc(/C=C(\C#N)c2cc(OC)c(OC)c(OC)c2)ccc1OC. The molecule has 0 spiro atoms. The summed E-state index contributed by atoms with van der Waals surface area (Å²) in [6, 6.07) is 11.0. The van der Waals surface area contributed by atoms with Gasteiger partial charge in [-0.3, -0.25) is 0 Å². The van der Waals surface area contributed by atoms with E-state index in [0.29, 0.717) is 39.9 Å². The van der Waals surface area contributed by atoms with Gasteiger partial charge in [0, 0.05) is 7.11 Å². The van der Waals surface area contributed by atoms with Gasteiger partial charge in [-0.1, -0.05) is 6.07 Å². The van der Waals surface area contributed by atoms with Gasteiger partial charge in [0.05, 0.1) is 40.1 Å². The lowest BCUT2D eigenvalue weighted by atomic mass is 10.0. The van der Waals surface area contributed by atoms with Gasteiger partial charge in [0.1, 0.15) is 0 Å². The summed E-state index contributed by atoms with van der Waals surface area (Å²) in [5.41, 5.74) is 1.81. The lowest BCUT2D eigenvalue weighted by Gasteiger charge is -2.14. The molecule has 0 fully saturated rings. The van der Waals surface area contributed by atoms with Crippen LogP contribution in [0.3, 0.4) is 0 Å². The zero-order valence-electron chi connectivity index (χ0n) is 16.6. The number of hydrogen-bond acceptors (Lipinski definition) is 7. The van der Waals surface area contributed by atoms with Crippen LogP contribution in [0.4, 0.5) is 0 Å². The fourth-order valence-electron chi connectivity index (χ4n) is 2.60. The molecular formula is C21H23NO6. The molecule has 0 unspecified atom stereocenters. The van der Waals surface area contributed by atoms with Crippen LogP contribution >= 0.6 is 0 Å². The normalized spacial score (nSPS) is 10.8. The standard InChI is InChI=1S/C21H23NO6/c1-23-13-28-18-9-14(6-7-17(18)24-2)8-16(12-22)15-10-19(25-3)21(27-5)20(11-15)26-4/h6-11H,13H2,1-5H3/b16-8+. The van der Waals surface area contributed by atoms with Crippen molar-refractivity contribution < 1.29 is 28.4 Å². The molecule has 148 valence electrons. The van der Waals surface area contributed by atoms with Crippen LogP contribution in [0.1, 0.15) is 11.1 Å². The van der Waals surface area contributed by atoms with Gasteiger partial charge in [-0.25, -0.2) is 0 Å². The minimum absolute atomic E-state index is 0.0848. The molecule has 7 nitrogen and oxygen atoms in total. The van der Waals surface area contributed by atoms with Crippen LogP contribution in [0.5, 0.6) is 28.7 Å². The Hall–Kier alpha value is -3.37. The average Bonchev–Trinajstić information content (AvgIpc) is 2.74. The van der Waals surface area contributed by atoms with Crippen LogP contribution in [0.15, 0.2) is 30.3 Å². The molecule has 0 aromatic heterocycles. The summed E-state index contributed by atoms with van der Waals surface area (Å²) in [5, 5.41) is 9.70. The summed E-state index contributed by atoms with van der Waals surface area (Å²) in [7, 11) is 7.68. The molecule has 0 saturated carbocycles. The first-order valence-corrected chi connectivity index (χ1v) is 8.33. The molecule has 7 heteroatoms. The minimum atomic E-state index is 0.0848. The molecule has 0 heterocycles. The van der Waals surface area contributed by atoms with Crippen LogP contribution in [-0.2, 0) is 4.74 Å². The zero-order valence-corrected chi connectivity index (χ0v) is 16.6. The van der Waals surface area contributed by atoms with Crippen molar-refractivity contribution in [3.05, 3.63) is 41.5 Å². The van der Waals surface area contributed by atoms with Crippen LogP contribution in [-0.4, -0.2) is 42.3 Å². The number of allylic oxidation sites excluding steroid dienone is 1. The Bertz CT molecular complexity index is 860. The average molecular weight is 385 g/mol. The highest BCUT2D eigenvalue weighted by atomic mass is 16.7. The Morgan fingerprint density at radius 1 is 0.857 bits per heavy atom. The summed E-state index contributed by atoms with van der Waals surface area (Å²) in [6.07, 6.45) is 1.74. The van der Waals surface area contributed by atoms with E-state index in [4.69, 9.17) is 28.4 Å². The molecule has 0 atom stereocenters. The van der Waals surface area contributed by atoms with E-state index in [-0.39, 0.29) is 6.79 Å². The fourth-order valence-corrected chi connectivity index (χ4v) is 2.60. The lowest BCUT2D eigenvalue weighted by molar-refractivity contribution is 0.0491. The van der Waals surface area contributed by atoms with Gasteiger partial charge in [0.15, 0.2) is 29.8 Å². The highest BCUT2D eigenvalue weighted by Crippen LogP contribution is 2.40. The molecule has 2 rings (SSSR count). The molecule has 0 saturated heterocycles. The molecule has 0 aliphatic rings. The summed E-state index contributed by atoms with van der Waals surface area (Å²) >= 11 is 0. The van der Waals surface area contributed by atoms with Gasteiger partial charge in [-0.15, -0.1) is 0 Å². The first kappa shape index (κ1) is 20.9. The smallest absolute Gasteiger partial charge is 0.203 e. The number of methoxy groups -OCH3 is 5. The van der Waals surface area contributed by atoms with Crippen molar-refractivity contribution in [3.8, 4) is 34.8 Å². The Morgan fingerprint density at radius 2 is 1.50 bits per heavy atom. The van der Waals surface area contributed by atoms with Crippen LogP contribution in [0.2, 0.25) is 0 Å². The highest BCUT2D eigenvalue weighted by molar-refractivity contribution is 5.91. The van der Waals surface area contributed by atoms with Gasteiger partial charge in [0.2, 0.25) is 5.75 Å². The predicted octanol–water partition coefficient (Wildman–Crippen LogP) is 3.77. The van der Waals surface area contributed by atoms with Crippen molar-refractivity contribution in [3.63, 3.8) is 0 Å². The second kappa shape index (κ2) is 10.1. The summed E-state index contributed by atoms with van der Waals surface area (Å²) in [5.74, 6) is 2.49. The van der Waals surface area contributed by atoms with E-state index in [9.17, 15) is 5.26 Å². The fraction of sp³-hybridized carbons (Fsp3) is 0.286. The number of nitrogens with zero attached hydrogens (tertiary/aromatic N) is 1. The maximum absolute atomic E-state index is 9.70. The Labute approximate surface area is 164 Å². The Kier molecular flexibility index (Phi) is 7.55. The molecule has 0 bridgehead atoms. The molecule has 2 aromatic rings. The first-order valence-electron chi connectivity index (χ1n) is 8.33. The monoisotopic (exact) mass is 385 g/mol. The third-order valence-electron chi connectivity index (χ3n) is 3.93. The van der Waals surface area contributed by atoms with Gasteiger partial charge < -0.3 is 28.4 Å². The van der Waals surface area contributed by atoms with Gasteiger partial charge >= 0.3 is 0 Å². The predicted molar refractivity (Wildman–Crippen MR) is 105 cm³/mol. The van der Waals surface area contributed by atoms with Crippen LogP contribution < -0.4 is 23.7 Å². The van der Waals surface area contributed by atoms with E-state index in [2.05, 4.69) is 6.07 Å². The molecule has 0 aliphatic carbocycles. The van der Waals surface area contributed by atoms with Crippen molar-refractivity contribution in [2.45, 2.75) is 0 Å². The van der Waals surface area contributed by atoms with Crippen molar-refractivity contribution in [1.29, 1.82) is 5.26 Å². The lowest BCUT2D eigenvalue weighted by Crippen LogP contribution is -2.01. The summed E-state index contributed by atoms with van der Waals surface area (Å²) in [4.78, 5) is 0. The quantitative estimate of drug-likeness (QED) is 0.369. The molecule has 0 amide bonds. The summed E-state index contributed by atoms with van der Waals surface area (Å²) in [6.45, 7) is 0.0848. The zero-order chi connectivity index (χ0) is 20.5. The molecule has 0 radical (unpaired) electrons. The third-order valence-corrected chi connectivity index (χ3v) is 3.93. The molecule has 0 aliphatic heterocycles. The van der Waals surface area contributed by atoms with E-state index >= 15 is 0 Å². The van der Waals surface area contributed by atoms with Gasteiger partial charge in [-0.2, -0.15) is 5.26 Å². The van der Waals surface area contributed by atoms with E-state index in [1.807, 2.05) is 6.07 Å². The largest absolute Gasteiger partial charge is 0.493 e. The van der Waals surface area contributed by atoms with Crippen LogP contribution in [0.25, 0.3) is 11.6 Å². The van der Waals surface area contributed by atoms with E-state index in [0.717, 1.165) is 5.56 Å². The number of hydrogen-bond donors (Lipinski definition) is 0. The van der Waals surface area contributed by atoms with Crippen molar-refractivity contribution in [2.75, 3.05) is 42.3 Å². The number of nitriles is 1. The molecule has 28 heavy (non-hydrogen) atoms. The summed E-state index contributed by atoms with van der Waals surface area (Å²) < 4.78 is 31.8. The first-order chi connectivity index (χ1) is 13.6. The van der Waals surface area contributed by atoms with Crippen molar-refractivity contribution >= 4 is 11.6 Å². The van der Waals surface area contributed by atoms with E-state index in [1.165, 1.54) is 28.4 Å². The number of rotatable bonds is 9. The Morgan fingerprint density at radius 3 is 2.00 bits per heavy atom. The Balaban J connectivity index is 2.51. The maximum atomic E-state index is 9.70. The van der Waals surface area contributed by atoms with Crippen molar-refractivity contribution in [1.82, 2.24) is 0 Å². The number of ether oxygens (including phenoxy) is 6. The second-order valence-electron chi connectivity index (χ2n) is 5.54.